The van der Waals surface area contributed by atoms with Gasteiger partial charge in [0, 0.05) is 24.9 Å². The number of benzene rings is 1. The second-order valence-corrected chi connectivity index (χ2v) is 7.32. The molecule has 2 aliphatic rings. The van der Waals surface area contributed by atoms with Gasteiger partial charge in [0.25, 0.3) is 0 Å². The fraction of sp³-hybridized carbons (Fsp3) is 0.571. The van der Waals surface area contributed by atoms with E-state index in [1.54, 1.807) is 24.3 Å². The van der Waals surface area contributed by atoms with Crippen molar-refractivity contribution in [1.82, 2.24) is 4.31 Å². The van der Waals surface area contributed by atoms with Crippen molar-refractivity contribution >= 4 is 10.0 Å². The summed E-state index contributed by atoms with van der Waals surface area (Å²) in [6.07, 6.45) is 3.99. The third-order valence-electron chi connectivity index (χ3n) is 3.99. The van der Waals surface area contributed by atoms with Crippen LogP contribution in [-0.2, 0) is 10.0 Å². The van der Waals surface area contributed by atoms with Gasteiger partial charge in [-0.3, -0.25) is 0 Å². The molecule has 104 valence electrons. The van der Waals surface area contributed by atoms with Crippen LogP contribution in [0.2, 0.25) is 0 Å². The maximum Gasteiger partial charge on any atom is 0.243 e. The Morgan fingerprint density at radius 1 is 0.947 bits per heavy atom. The zero-order valence-electron chi connectivity index (χ0n) is 11.0. The first-order chi connectivity index (χ1) is 9.19. The van der Waals surface area contributed by atoms with Crippen molar-refractivity contribution < 1.29 is 13.7 Å². The van der Waals surface area contributed by atoms with Gasteiger partial charge in [-0.2, -0.15) is 4.31 Å². The molecule has 2 fully saturated rings. The Bertz CT molecular complexity index is 520. The fourth-order valence-electron chi connectivity index (χ4n) is 2.90. The summed E-state index contributed by atoms with van der Waals surface area (Å²) < 4.78 is 27.5. The van der Waals surface area contributed by atoms with Crippen LogP contribution in [0.25, 0.3) is 0 Å². The van der Waals surface area contributed by atoms with E-state index >= 15 is 0 Å². The maximum absolute atomic E-state index is 12.8. The van der Waals surface area contributed by atoms with Crippen LogP contribution in [0, 0.1) is 0 Å². The molecule has 1 heterocycles. The lowest BCUT2D eigenvalue weighted by atomic mass is 10.1. The molecule has 3 rings (SSSR count). The van der Waals surface area contributed by atoms with Gasteiger partial charge < -0.3 is 5.32 Å². The zero-order chi connectivity index (χ0) is 13.3. The van der Waals surface area contributed by atoms with Gasteiger partial charge in [0.2, 0.25) is 10.0 Å². The van der Waals surface area contributed by atoms with Crippen LogP contribution < -0.4 is 5.32 Å². The van der Waals surface area contributed by atoms with Gasteiger partial charge in [0.05, 0.1) is 18.0 Å². The zero-order valence-corrected chi connectivity index (χ0v) is 11.8. The average molecular weight is 281 g/mol. The van der Waals surface area contributed by atoms with Gasteiger partial charge in [0.15, 0.2) is 0 Å². The second-order valence-electron chi connectivity index (χ2n) is 5.48. The number of hydrogen-bond donors (Lipinski definition) is 1. The van der Waals surface area contributed by atoms with E-state index in [2.05, 4.69) is 5.32 Å². The number of rotatable bonds is 4. The van der Waals surface area contributed by atoms with E-state index in [1.165, 1.54) is 0 Å². The van der Waals surface area contributed by atoms with Crippen molar-refractivity contribution in [1.29, 1.82) is 0 Å². The maximum atomic E-state index is 12.8. The first kappa shape index (κ1) is 13.1. The van der Waals surface area contributed by atoms with Crippen LogP contribution in [0.3, 0.4) is 0 Å². The van der Waals surface area contributed by atoms with Crippen LogP contribution in [0.5, 0.6) is 0 Å². The van der Waals surface area contributed by atoms with Crippen LogP contribution in [0.15, 0.2) is 35.2 Å². The highest BCUT2D eigenvalue weighted by molar-refractivity contribution is 7.89. The fourth-order valence-corrected chi connectivity index (χ4v) is 4.85. The van der Waals surface area contributed by atoms with E-state index in [-0.39, 0.29) is 12.1 Å². The third-order valence-corrected chi connectivity index (χ3v) is 6.01. The molecule has 1 aromatic carbocycles. The molecular formula is C14H21N2O2S+. The second kappa shape index (κ2) is 5.23. The monoisotopic (exact) mass is 281 g/mol. The molecule has 5 heteroatoms. The average Bonchev–Trinajstić information content (AvgIpc) is 3.25. The summed E-state index contributed by atoms with van der Waals surface area (Å²) >= 11 is 0. The summed E-state index contributed by atoms with van der Waals surface area (Å²) in [5.74, 6) is 0. The summed E-state index contributed by atoms with van der Waals surface area (Å²) in [4.78, 5) is 0.441. The minimum absolute atomic E-state index is 0.197. The highest BCUT2D eigenvalue weighted by atomic mass is 32.2. The van der Waals surface area contributed by atoms with E-state index in [4.69, 9.17) is 0 Å². The first-order valence-corrected chi connectivity index (χ1v) is 8.54. The smallest absolute Gasteiger partial charge is 0.243 e. The minimum atomic E-state index is -3.32. The summed E-state index contributed by atoms with van der Waals surface area (Å²) in [7, 11) is -3.32. The van der Waals surface area contributed by atoms with E-state index in [0.29, 0.717) is 4.90 Å². The van der Waals surface area contributed by atoms with Crippen molar-refractivity contribution in [3.05, 3.63) is 30.3 Å². The van der Waals surface area contributed by atoms with Gasteiger partial charge in [-0.25, -0.2) is 8.42 Å². The molecule has 0 aromatic heterocycles. The molecule has 1 aliphatic heterocycles. The summed E-state index contributed by atoms with van der Waals surface area (Å²) in [5.41, 5.74) is 0. The normalized spacial score (nSPS) is 21.7. The topological polar surface area (TPSA) is 54.0 Å². The van der Waals surface area contributed by atoms with Crippen LogP contribution in [-0.4, -0.2) is 37.9 Å². The van der Waals surface area contributed by atoms with Crippen molar-refractivity contribution in [3.63, 3.8) is 0 Å². The predicted octanol–water partition coefficient (Wildman–Crippen LogP) is 0.565. The van der Waals surface area contributed by atoms with Crippen molar-refractivity contribution in [2.75, 3.05) is 13.1 Å². The lowest BCUT2D eigenvalue weighted by molar-refractivity contribution is -0.663. The molecule has 0 atom stereocenters. The van der Waals surface area contributed by atoms with Gasteiger partial charge in [-0.05, 0) is 25.0 Å². The standard InChI is InChI=1S/C14H20N2O2S/c17-19(18,14-4-2-1-3-5-14)16(12-6-7-12)13-8-10-15-11-9-13/h1-5,12-13,15H,6-11H2/p+1. The highest BCUT2D eigenvalue weighted by Gasteiger charge is 2.43. The number of quaternary nitrogens is 1. The molecule has 0 unspecified atom stereocenters. The van der Waals surface area contributed by atoms with E-state index in [1.807, 2.05) is 10.4 Å². The van der Waals surface area contributed by atoms with E-state index in [0.717, 1.165) is 38.8 Å². The lowest BCUT2D eigenvalue weighted by Gasteiger charge is -2.32. The molecule has 0 bridgehead atoms. The summed E-state index contributed by atoms with van der Waals surface area (Å²) in [6.45, 7) is 2.08. The Kier molecular flexibility index (Phi) is 3.60. The number of sulfonamides is 1. The van der Waals surface area contributed by atoms with Gasteiger partial charge >= 0.3 is 0 Å². The van der Waals surface area contributed by atoms with Crippen LogP contribution >= 0.6 is 0 Å². The molecule has 2 N–H and O–H groups in total. The van der Waals surface area contributed by atoms with Gasteiger partial charge in [-0.1, -0.05) is 18.2 Å². The number of piperidine rings is 1. The molecular weight excluding hydrogens is 260 g/mol. The molecule has 0 spiro atoms. The van der Waals surface area contributed by atoms with E-state index in [9.17, 15) is 8.42 Å². The Morgan fingerprint density at radius 2 is 1.53 bits per heavy atom. The van der Waals surface area contributed by atoms with E-state index < -0.39 is 10.0 Å². The first-order valence-electron chi connectivity index (χ1n) is 7.10. The molecule has 1 aromatic rings. The lowest BCUT2D eigenvalue weighted by Crippen LogP contribution is -2.87. The molecule has 0 radical (unpaired) electrons. The Morgan fingerprint density at radius 3 is 2.11 bits per heavy atom. The summed E-state index contributed by atoms with van der Waals surface area (Å²) in [6, 6.07) is 9.31. The van der Waals surface area contributed by atoms with Crippen molar-refractivity contribution in [2.24, 2.45) is 0 Å². The van der Waals surface area contributed by atoms with Crippen LogP contribution in [0.1, 0.15) is 25.7 Å². The number of nitrogens with two attached hydrogens (primary N) is 1. The SMILES string of the molecule is O=S(=O)(c1ccccc1)N(C1CC[NH2+]CC1)C1CC1. The van der Waals surface area contributed by atoms with Crippen molar-refractivity contribution in [3.8, 4) is 0 Å². The molecule has 1 saturated carbocycles. The Labute approximate surface area is 114 Å². The highest BCUT2D eigenvalue weighted by Crippen LogP contribution is 2.35. The largest absolute Gasteiger partial charge is 0.346 e. The predicted molar refractivity (Wildman–Crippen MR) is 73.2 cm³/mol. The minimum Gasteiger partial charge on any atom is -0.346 e. The molecule has 0 amide bonds. The van der Waals surface area contributed by atoms with Crippen molar-refractivity contribution in [2.45, 2.75) is 42.7 Å². The quantitative estimate of drug-likeness (QED) is 0.877. The Balaban J connectivity index is 1.91. The molecule has 4 nitrogen and oxygen atoms in total. The molecule has 19 heavy (non-hydrogen) atoms. The third kappa shape index (κ3) is 2.68. The van der Waals surface area contributed by atoms with Crippen LogP contribution in [0.4, 0.5) is 0 Å². The van der Waals surface area contributed by atoms with Gasteiger partial charge in [0.1, 0.15) is 0 Å². The summed E-state index contributed by atoms with van der Waals surface area (Å²) in [5, 5.41) is 2.27. The molecule has 1 saturated heterocycles. The Hall–Kier alpha value is -0.910. The number of nitrogens with zero attached hydrogens (tertiary/aromatic N) is 1. The number of hydrogen-bond acceptors (Lipinski definition) is 2. The van der Waals surface area contributed by atoms with Gasteiger partial charge in [-0.15, -0.1) is 0 Å². The molecule has 1 aliphatic carbocycles.